The summed E-state index contributed by atoms with van der Waals surface area (Å²) in [5.41, 5.74) is 9.20. The number of carbonyl (C=O) groups is 1. The first-order valence-electron chi connectivity index (χ1n) is 7.51. The Bertz CT molecular complexity index is 552. The lowest BCUT2D eigenvalue weighted by Gasteiger charge is -2.24. The van der Waals surface area contributed by atoms with Gasteiger partial charge in [-0.25, -0.2) is 10.2 Å². The second-order valence-electron chi connectivity index (χ2n) is 5.37. The van der Waals surface area contributed by atoms with E-state index in [4.69, 9.17) is 15.2 Å². The first-order valence-corrected chi connectivity index (χ1v) is 7.51. The van der Waals surface area contributed by atoms with Crippen molar-refractivity contribution < 1.29 is 14.3 Å². The van der Waals surface area contributed by atoms with Crippen LogP contribution in [0.2, 0.25) is 0 Å². The minimum atomic E-state index is -0.666. The van der Waals surface area contributed by atoms with Crippen LogP contribution in [0.1, 0.15) is 37.7 Å². The normalized spacial score (nSPS) is 16.2. The van der Waals surface area contributed by atoms with Gasteiger partial charge in [0.2, 0.25) is 0 Å². The maximum atomic E-state index is 11.0. The van der Waals surface area contributed by atoms with E-state index in [2.05, 4.69) is 10.5 Å². The molecule has 0 bridgehead atoms. The van der Waals surface area contributed by atoms with Crippen molar-refractivity contribution in [3.63, 3.8) is 0 Å². The second-order valence-corrected chi connectivity index (χ2v) is 5.37. The van der Waals surface area contributed by atoms with E-state index in [9.17, 15) is 4.79 Å². The highest BCUT2D eigenvalue weighted by molar-refractivity contribution is 6.05. The van der Waals surface area contributed by atoms with Crippen LogP contribution in [0.5, 0.6) is 11.5 Å². The zero-order chi connectivity index (χ0) is 15.9. The summed E-state index contributed by atoms with van der Waals surface area (Å²) in [7, 11) is 3.22. The average molecular weight is 305 g/mol. The summed E-state index contributed by atoms with van der Waals surface area (Å²) >= 11 is 0. The van der Waals surface area contributed by atoms with Crippen LogP contribution in [0.15, 0.2) is 23.3 Å². The van der Waals surface area contributed by atoms with E-state index in [1.807, 2.05) is 18.2 Å². The Morgan fingerprint density at radius 3 is 2.55 bits per heavy atom. The lowest BCUT2D eigenvalue weighted by atomic mass is 9.83. The van der Waals surface area contributed by atoms with Crippen molar-refractivity contribution in [1.82, 2.24) is 5.43 Å². The number of hydrogen-bond donors (Lipinski definition) is 2. The molecule has 6 heteroatoms. The minimum absolute atomic E-state index is 0.294. The molecule has 120 valence electrons. The molecule has 2 rings (SSSR count). The number of nitrogens with two attached hydrogens (primary N) is 1. The van der Waals surface area contributed by atoms with Crippen molar-refractivity contribution in [3.8, 4) is 11.5 Å². The van der Waals surface area contributed by atoms with Gasteiger partial charge in [0.05, 0.1) is 19.9 Å². The van der Waals surface area contributed by atoms with Crippen molar-refractivity contribution in [2.45, 2.75) is 32.1 Å². The van der Waals surface area contributed by atoms with E-state index >= 15 is 0 Å². The first kappa shape index (κ1) is 16.1. The molecular weight excluding hydrogens is 282 g/mol. The smallest absolute Gasteiger partial charge is 0.332 e. The SMILES string of the molecule is COc1ccc(/C(=N/NC(N)=O)C2CCCCC2)c(OC)c1. The number of primary amides is 1. The van der Waals surface area contributed by atoms with E-state index in [1.165, 1.54) is 19.3 Å². The van der Waals surface area contributed by atoms with Crippen molar-refractivity contribution in [3.05, 3.63) is 23.8 Å². The predicted octanol–water partition coefficient (Wildman–Crippen LogP) is 2.66. The molecule has 1 aliphatic carbocycles. The van der Waals surface area contributed by atoms with Gasteiger partial charge in [0.25, 0.3) is 0 Å². The standard InChI is InChI=1S/C16H23N3O3/c1-21-12-8-9-13(14(10-12)22-2)15(18-19-16(17)20)11-6-4-3-5-7-11/h8-11H,3-7H2,1-2H3,(H3,17,19,20)/b18-15+. The third-order valence-corrected chi connectivity index (χ3v) is 3.96. The van der Waals surface area contributed by atoms with Gasteiger partial charge in [-0.3, -0.25) is 0 Å². The summed E-state index contributed by atoms with van der Waals surface area (Å²) in [6.07, 6.45) is 5.67. The van der Waals surface area contributed by atoms with Gasteiger partial charge in [-0.05, 0) is 25.0 Å². The maximum Gasteiger partial charge on any atom is 0.332 e. The Hall–Kier alpha value is -2.24. The molecule has 3 N–H and O–H groups in total. The highest BCUT2D eigenvalue weighted by Gasteiger charge is 2.24. The molecule has 0 aromatic heterocycles. The maximum absolute atomic E-state index is 11.0. The van der Waals surface area contributed by atoms with E-state index in [0.717, 1.165) is 24.1 Å². The molecule has 0 spiro atoms. The summed E-state index contributed by atoms with van der Waals surface area (Å²) in [5.74, 6) is 1.68. The van der Waals surface area contributed by atoms with Gasteiger partial charge in [-0.1, -0.05) is 19.3 Å². The van der Waals surface area contributed by atoms with Gasteiger partial charge >= 0.3 is 6.03 Å². The topological polar surface area (TPSA) is 85.9 Å². The fourth-order valence-corrected chi connectivity index (χ4v) is 2.87. The highest BCUT2D eigenvalue weighted by Crippen LogP contribution is 2.32. The van der Waals surface area contributed by atoms with E-state index in [-0.39, 0.29) is 0 Å². The van der Waals surface area contributed by atoms with E-state index in [0.29, 0.717) is 17.4 Å². The molecule has 0 aliphatic heterocycles. The number of hydrazone groups is 1. The molecule has 1 saturated carbocycles. The number of ether oxygens (including phenoxy) is 2. The fraction of sp³-hybridized carbons (Fsp3) is 0.500. The van der Waals surface area contributed by atoms with Crippen molar-refractivity contribution in [1.29, 1.82) is 0 Å². The van der Waals surface area contributed by atoms with Crippen LogP contribution in [-0.2, 0) is 0 Å². The first-order chi connectivity index (χ1) is 10.7. The van der Waals surface area contributed by atoms with Gasteiger partial charge < -0.3 is 15.2 Å². The number of benzene rings is 1. The van der Waals surface area contributed by atoms with Crippen LogP contribution in [0.4, 0.5) is 4.79 Å². The van der Waals surface area contributed by atoms with Crippen molar-refractivity contribution >= 4 is 11.7 Å². The lowest BCUT2D eigenvalue weighted by molar-refractivity contribution is 0.249. The molecule has 2 amide bonds. The molecule has 22 heavy (non-hydrogen) atoms. The van der Waals surface area contributed by atoms with Gasteiger partial charge in [-0.15, -0.1) is 0 Å². The molecule has 1 aliphatic rings. The van der Waals surface area contributed by atoms with Crippen LogP contribution in [0.25, 0.3) is 0 Å². The Kier molecular flexibility index (Phi) is 5.63. The Labute approximate surface area is 130 Å². The minimum Gasteiger partial charge on any atom is -0.497 e. The molecule has 0 saturated heterocycles. The Balaban J connectivity index is 2.39. The molecule has 6 nitrogen and oxygen atoms in total. The summed E-state index contributed by atoms with van der Waals surface area (Å²) in [5, 5.41) is 4.25. The highest BCUT2D eigenvalue weighted by atomic mass is 16.5. The average Bonchev–Trinajstić information content (AvgIpc) is 2.56. The number of nitrogens with one attached hydrogen (secondary N) is 1. The number of urea groups is 1. The number of hydrogen-bond acceptors (Lipinski definition) is 4. The molecule has 0 atom stereocenters. The van der Waals surface area contributed by atoms with Crippen molar-refractivity contribution in [2.75, 3.05) is 14.2 Å². The zero-order valence-electron chi connectivity index (χ0n) is 13.1. The number of rotatable bonds is 5. The second kappa shape index (κ2) is 7.68. The van der Waals surface area contributed by atoms with Gasteiger partial charge in [0, 0.05) is 17.5 Å². The third kappa shape index (κ3) is 3.90. The fourth-order valence-electron chi connectivity index (χ4n) is 2.87. The predicted molar refractivity (Wildman–Crippen MR) is 85.4 cm³/mol. The van der Waals surface area contributed by atoms with Crippen LogP contribution in [0, 0.1) is 5.92 Å². The Morgan fingerprint density at radius 1 is 1.23 bits per heavy atom. The van der Waals surface area contributed by atoms with Crippen LogP contribution < -0.4 is 20.6 Å². The summed E-state index contributed by atoms with van der Waals surface area (Å²) in [6.45, 7) is 0. The Morgan fingerprint density at radius 2 is 1.95 bits per heavy atom. The van der Waals surface area contributed by atoms with E-state index in [1.54, 1.807) is 14.2 Å². The quantitative estimate of drug-likeness (QED) is 0.647. The zero-order valence-corrected chi connectivity index (χ0v) is 13.1. The number of carbonyl (C=O) groups excluding carboxylic acids is 1. The summed E-state index contributed by atoms with van der Waals surface area (Å²) in [6, 6.07) is 4.92. The molecular formula is C16H23N3O3. The van der Waals surface area contributed by atoms with Crippen LogP contribution in [0.3, 0.4) is 0 Å². The molecule has 0 unspecified atom stereocenters. The molecule has 0 heterocycles. The molecule has 1 aromatic rings. The summed E-state index contributed by atoms with van der Waals surface area (Å²) in [4.78, 5) is 11.0. The van der Waals surface area contributed by atoms with Gasteiger partial charge in [-0.2, -0.15) is 5.10 Å². The third-order valence-electron chi connectivity index (χ3n) is 3.96. The van der Waals surface area contributed by atoms with Gasteiger partial charge in [0.1, 0.15) is 11.5 Å². The number of nitrogens with zero attached hydrogens (tertiary/aromatic N) is 1. The largest absolute Gasteiger partial charge is 0.497 e. The molecule has 1 fully saturated rings. The van der Waals surface area contributed by atoms with Crippen LogP contribution >= 0.6 is 0 Å². The summed E-state index contributed by atoms with van der Waals surface area (Å²) < 4.78 is 10.7. The van der Waals surface area contributed by atoms with Crippen LogP contribution in [-0.4, -0.2) is 26.0 Å². The molecule has 0 radical (unpaired) electrons. The lowest BCUT2D eigenvalue weighted by Crippen LogP contribution is -2.29. The van der Waals surface area contributed by atoms with Crippen molar-refractivity contribution in [2.24, 2.45) is 16.8 Å². The monoisotopic (exact) mass is 305 g/mol. The van der Waals surface area contributed by atoms with Gasteiger partial charge in [0.15, 0.2) is 0 Å². The number of amides is 2. The molecule has 1 aromatic carbocycles. The number of methoxy groups -OCH3 is 2. The van der Waals surface area contributed by atoms with E-state index < -0.39 is 6.03 Å².